The van der Waals surface area contributed by atoms with Crippen LogP contribution >= 0.6 is 0 Å². The number of methoxy groups -OCH3 is 1. The normalized spacial score (nSPS) is 10.8. The predicted octanol–water partition coefficient (Wildman–Crippen LogP) is 0.849. The van der Waals surface area contributed by atoms with Crippen LogP contribution in [-0.2, 0) is 0 Å². The summed E-state index contributed by atoms with van der Waals surface area (Å²) >= 11 is 0. The Morgan fingerprint density at radius 3 is 2.56 bits per heavy atom. The van der Waals surface area contributed by atoms with Crippen LogP contribution in [0.15, 0.2) is 54.9 Å². The molecule has 5 heteroatoms. The maximum Gasteiger partial charge on any atom is 0.219 e. The molecular formula is C20H18BrNO3. The zero-order chi connectivity index (χ0) is 16.7. The quantitative estimate of drug-likeness (QED) is 0.315. The Morgan fingerprint density at radius 2 is 1.80 bits per heavy atom. The SMILES string of the molecule is CCOc1ccc2cc3c4cc(OC)ccc4cc[n+]3cc2c1O.[Br-]. The van der Waals surface area contributed by atoms with E-state index in [-0.39, 0.29) is 22.7 Å². The summed E-state index contributed by atoms with van der Waals surface area (Å²) in [6, 6.07) is 13.9. The average molecular weight is 400 g/mol. The van der Waals surface area contributed by atoms with Crippen molar-refractivity contribution in [1.29, 1.82) is 0 Å². The average Bonchev–Trinajstić information content (AvgIpc) is 2.62. The topological polar surface area (TPSA) is 42.8 Å². The number of pyridine rings is 2. The lowest BCUT2D eigenvalue weighted by atomic mass is 10.1. The molecule has 2 aromatic heterocycles. The minimum absolute atomic E-state index is 0. The molecular weight excluding hydrogens is 382 g/mol. The Morgan fingerprint density at radius 1 is 1.00 bits per heavy atom. The number of nitrogens with zero attached hydrogens (tertiary/aromatic N) is 1. The number of benzene rings is 2. The number of aromatic nitrogens is 1. The van der Waals surface area contributed by atoms with Gasteiger partial charge in [-0.3, -0.25) is 0 Å². The van der Waals surface area contributed by atoms with Gasteiger partial charge in [0, 0.05) is 12.1 Å². The molecule has 4 nitrogen and oxygen atoms in total. The van der Waals surface area contributed by atoms with Crippen LogP contribution in [0.1, 0.15) is 6.92 Å². The van der Waals surface area contributed by atoms with E-state index in [0.717, 1.165) is 32.8 Å². The molecule has 4 rings (SSSR count). The Labute approximate surface area is 156 Å². The van der Waals surface area contributed by atoms with Crippen LogP contribution in [0.4, 0.5) is 0 Å². The standard InChI is InChI=1S/C20H17NO3.BrH/c1-3-24-19-7-5-14-10-18-16-11-15(23-2)6-4-13(16)8-9-21(18)12-17(14)20(19)22;/h4-12H,3H2,1-2H3;1H. The number of fused-ring (bicyclic) bond motifs is 4. The third kappa shape index (κ3) is 2.85. The highest BCUT2D eigenvalue weighted by Crippen LogP contribution is 2.35. The van der Waals surface area contributed by atoms with Crippen LogP contribution in [0.25, 0.3) is 27.1 Å². The van der Waals surface area contributed by atoms with Gasteiger partial charge in [0.15, 0.2) is 23.9 Å². The van der Waals surface area contributed by atoms with Crippen molar-refractivity contribution in [2.45, 2.75) is 6.92 Å². The first kappa shape index (κ1) is 17.3. The van der Waals surface area contributed by atoms with Crippen molar-refractivity contribution in [3.8, 4) is 17.2 Å². The van der Waals surface area contributed by atoms with E-state index in [1.807, 2.05) is 54.0 Å². The number of halogens is 1. The maximum absolute atomic E-state index is 10.5. The van der Waals surface area contributed by atoms with Crippen LogP contribution in [0.2, 0.25) is 0 Å². The van der Waals surface area contributed by atoms with Gasteiger partial charge < -0.3 is 31.6 Å². The Bertz CT molecular complexity index is 1080. The zero-order valence-corrected chi connectivity index (χ0v) is 15.6. The molecule has 2 aromatic carbocycles. The zero-order valence-electron chi connectivity index (χ0n) is 14.0. The summed E-state index contributed by atoms with van der Waals surface area (Å²) in [5.74, 6) is 1.51. The van der Waals surface area contributed by atoms with Gasteiger partial charge in [-0.05, 0) is 42.0 Å². The summed E-state index contributed by atoms with van der Waals surface area (Å²) in [4.78, 5) is 0. The second-order valence-corrected chi connectivity index (χ2v) is 5.68. The van der Waals surface area contributed by atoms with Gasteiger partial charge in [-0.15, -0.1) is 0 Å². The molecule has 25 heavy (non-hydrogen) atoms. The molecule has 0 atom stereocenters. The van der Waals surface area contributed by atoms with Gasteiger partial charge in [0.25, 0.3) is 0 Å². The number of hydrogen-bond donors (Lipinski definition) is 1. The number of phenolic OH excluding ortho intramolecular Hbond substituents is 1. The predicted molar refractivity (Wildman–Crippen MR) is 94.0 cm³/mol. The summed E-state index contributed by atoms with van der Waals surface area (Å²) in [7, 11) is 1.67. The Balaban J connectivity index is 0.00000182. The molecule has 0 saturated heterocycles. The Hall–Kier alpha value is -2.53. The number of phenols is 1. The fraction of sp³-hybridized carbons (Fsp3) is 0.150. The smallest absolute Gasteiger partial charge is 0.219 e. The van der Waals surface area contributed by atoms with Gasteiger partial charge in [-0.2, -0.15) is 4.40 Å². The van der Waals surface area contributed by atoms with E-state index in [0.29, 0.717) is 12.4 Å². The fourth-order valence-electron chi connectivity index (χ4n) is 3.10. The molecule has 0 aliphatic rings. The van der Waals surface area contributed by atoms with Crippen molar-refractivity contribution < 1.29 is 36.0 Å². The molecule has 4 aromatic rings. The fourth-order valence-corrected chi connectivity index (χ4v) is 3.10. The lowest BCUT2D eigenvalue weighted by molar-refractivity contribution is -0.509. The van der Waals surface area contributed by atoms with E-state index in [1.165, 1.54) is 0 Å². The first-order chi connectivity index (χ1) is 11.7. The van der Waals surface area contributed by atoms with Gasteiger partial charge in [0.1, 0.15) is 5.75 Å². The molecule has 0 fully saturated rings. The van der Waals surface area contributed by atoms with Crippen LogP contribution in [0, 0.1) is 0 Å². The van der Waals surface area contributed by atoms with Crippen molar-refractivity contribution in [1.82, 2.24) is 0 Å². The number of hydrogen-bond acceptors (Lipinski definition) is 3. The minimum atomic E-state index is 0. The van der Waals surface area contributed by atoms with Crippen LogP contribution in [-0.4, -0.2) is 18.8 Å². The highest BCUT2D eigenvalue weighted by atomic mass is 79.9. The summed E-state index contributed by atoms with van der Waals surface area (Å²) < 4.78 is 12.8. The Kier molecular flexibility index (Phi) is 4.68. The number of aromatic hydroxyl groups is 1. The summed E-state index contributed by atoms with van der Waals surface area (Å²) in [5, 5.41) is 14.5. The highest BCUT2D eigenvalue weighted by molar-refractivity contribution is 5.99. The second-order valence-electron chi connectivity index (χ2n) is 5.68. The van der Waals surface area contributed by atoms with Gasteiger partial charge >= 0.3 is 0 Å². The third-order valence-electron chi connectivity index (χ3n) is 4.30. The van der Waals surface area contributed by atoms with E-state index < -0.39 is 0 Å². The number of ether oxygens (including phenoxy) is 2. The third-order valence-corrected chi connectivity index (χ3v) is 4.30. The van der Waals surface area contributed by atoms with Crippen molar-refractivity contribution >= 4 is 27.1 Å². The first-order valence-corrected chi connectivity index (χ1v) is 7.91. The largest absolute Gasteiger partial charge is 1.00 e. The highest BCUT2D eigenvalue weighted by Gasteiger charge is 2.15. The lowest BCUT2D eigenvalue weighted by Gasteiger charge is -2.08. The van der Waals surface area contributed by atoms with Gasteiger partial charge in [-0.25, -0.2) is 0 Å². The van der Waals surface area contributed by atoms with Gasteiger partial charge in [-0.1, -0.05) is 6.07 Å². The molecule has 128 valence electrons. The second kappa shape index (κ2) is 6.76. The molecule has 1 N–H and O–H groups in total. The lowest BCUT2D eigenvalue weighted by Crippen LogP contribution is -3.00. The first-order valence-electron chi connectivity index (χ1n) is 7.91. The molecule has 0 radical (unpaired) electrons. The van der Waals surface area contributed by atoms with E-state index in [9.17, 15) is 5.11 Å². The van der Waals surface area contributed by atoms with Crippen molar-refractivity contribution in [3.05, 3.63) is 54.9 Å². The van der Waals surface area contributed by atoms with Gasteiger partial charge in [0.2, 0.25) is 5.52 Å². The molecule has 0 amide bonds. The van der Waals surface area contributed by atoms with Crippen LogP contribution in [0.3, 0.4) is 0 Å². The molecule has 0 bridgehead atoms. The van der Waals surface area contributed by atoms with Crippen molar-refractivity contribution in [2.75, 3.05) is 13.7 Å². The van der Waals surface area contributed by atoms with Crippen molar-refractivity contribution in [3.63, 3.8) is 0 Å². The van der Waals surface area contributed by atoms with E-state index in [1.54, 1.807) is 7.11 Å². The molecule has 0 aliphatic heterocycles. The van der Waals surface area contributed by atoms with Gasteiger partial charge in [0.05, 0.1) is 24.5 Å². The minimum Gasteiger partial charge on any atom is -1.00 e. The summed E-state index contributed by atoms with van der Waals surface area (Å²) in [5.41, 5.74) is 1.06. The summed E-state index contributed by atoms with van der Waals surface area (Å²) in [6.07, 6.45) is 3.93. The summed E-state index contributed by atoms with van der Waals surface area (Å²) in [6.45, 7) is 2.42. The van der Waals surface area contributed by atoms with Crippen LogP contribution < -0.4 is 30.9 Å². The van der Waals surface area contributed by atoms with E-state index in [4.69, 9.17) is 9.47 Å². The molecule has 0 saturated carbocycles. The van der Waals surface area contributed by atoms with E-state index >= 15 is 0 Å². The van der Waals surface area contributed by atoms with Crippen LogP contribution in [0.5, 0.6) is 17.2 Å². The number of rotatable bonds is 3. The monoisotopic (exact) mass is 399 g/mol. The molecule has 0 spiro atoms. The molecule has 2 heterocycles. The van der Waals surface area contributed by atoms with E-state index in [2.05, 4.69) is 12.1 Å². The molecule has 0 aliphatic carbocycles. The maximum atomic E-state index is 10.5. The van der Waals surface area contributed by atoms with Crippen molar-refractivity contribution in [2.24, 2.45) is 0 Å². The molecule has 0 unspecified atom stereocenters.